The zero-order chi connectivity index (χ0) is 18.1. The third-order valence-corrected chi connectivity index (χ3v) is 3.61. The van der Waals surface area contributed by atoms with Crippen molar-refractivity contribution in [1.82, 2.24) is 20.2 Å². The van der Waals surface area contributed by atoms with E-state index >= 15 is 0 Å². The number of ether oxygens (including phenoxy) is 1. The van der Waals surface area contributed by atoms with E-state index in [0.29, 0.717) is 24.6 Å². The van der Waals surface area contributed by atoms with Crippen molar-refractivity contribution in [2.45, 2.75) is 13.0 Å². The summed E-state index contributed by atoms with van der Waals surface area (Å²) in [7, 11) is 5.65. The summed E-state index contributed by atoms with van der Waals surface area (Å²) in [6.07, 6.45) is 3.95. The lowest BCUT2D eigenvalue weighted by Crippen LogP contribution is -2.27. The molecule has 2 N–H and O–H groups in total. The van der Waals surface area contributed by atoms with Gasteiger partial charge in [0.2, 0.25) is 5.95 Å². The van der Waals surface area contributed by atoms with E-state index in [1.165, 1.54) is 12.4 Å². The Morgan fingerprint density at radius 3 is 2.60 bits per heavy atom. The number of nitrogens with one attached hydrogen (secondary N) is 2. The van der Waals surface area contributed by atoms with Gasteiger partial charge in [-0.2, -0.15) is 0 Å². The highest BCUT2D eigenvalue weighted by molar-refractivity contribution is 5.93. The number of para-hydroxylation sites is 1. The molecular weight excluding hydrogens is 318 g/mol. The second kappa shape index (κ2) is 9.58. The smallest absolute Gasteiger partial charge is 0.254 e. The highest BCUT2D eigenvalue weighted by Gasteiger charge is 2.07. The third kappa shape index (κ3) is 6.04. The van der Waals surface area contributed by atoms with E-state index < -0.39 is 0 Å². The number of aromatic nitrogens is 2. The Kier molecular flexibility index (Phi) is 7.16. The van der Waals surface area contributed by atoms with Crippen LogP contribution in [-0.4, -0.2) is 55.1 Å². The summed E-state index contributed by atoms with van der Waals surface area (Å²) in [6.45, 7) is 2.10. The molecule has 0 atom stereocenters. The largest absolute Gasteiger partial charge is 0.496 e. The van der Waals surface area contributed by atoms with Gasteiger partial charge in [-0.3, -0.25) is 4.79 Å². The van der Waals surface area contributed by atoms with E-state index in [4.69, 9.17) is 4.74 Å². The Morgan fingerprint density at radius 1 is 1.20 bits per heavy atom. The summed E-state index contributed by atoms with van der Waals surface area (Å²) < 4.78 is 5.31. The van der Waals surface area contributed by atoms with Gasteiger partial charge in [-0.25, -0.2) is 9.97 Å². The third-order valence-electron chi connectivity index (χ3n) is 3.61. The molecule has 0 fully saturated rings. The molecule has 134 valence electrons. The maximum atomic E-state index is 12.0. The Labute approximate surface area is 148 Å². The molecule has 0 radical (unpaired) electrons. The molecule has 0 unspecified atom stereocenters. The summed E-state index contributed by atoms with van der Waals surface area (Å²) >= 11 is 0. The van der Waals surface area contributed by atoms with Crippen molar-refractivity contribution >= 4 is 11.9 Å². The van der Waals surface area contributed by atoms with Crippen LogP contribution in [0.1, 0.15) is 22.3 Å². The molecule has 1 heterocycles. The molecule has 0 saturated carbocycles. The number of benzene rings is 1. The van der Waals surface area contributed by atoms with E-state index in [-0.39, 0.29) is 5.91 Å². The van der Waals surface area contributed by atoms with Gasteiger partial charge in [0.05, 0.1) is 12.7 Å². The molecule has 0 aliphatic rings. The first kappa shape index (κ1) is 18.7. The highest BCUT2D eigenvalue weighted by Crippen LogP contribution is 2.17. The van der Waals surface area contributed by atoms with Gasteiger partial charge in [-0.15, -0.1) is 0 Å². The van der Waals surface area contributed by atoms with Gasteiger partial charge in [0.1, 0.15) is 5.75 Å². The van der Waals surface area contributed by atoms with E-state index in [1.807, 2.05) is 38.4 Å². The van der Waals surface area contributed by atoms with Crippen LogP contribution in [0.2, 0.25) is 0 Å². The van der Waals surface area contributed by atoms with E-state index in [2.05, 4.69) is 25.5 Å². The summed E-state index contributed by atoms with van der Waals surface area (Å²) in [4.78, 5) is 22.5. The van der Waals surface area contributed by atoms with Crippen LogP contribution >= 0.6 is 0 Å². The zero-order valence-electron chi connectivity index (χ0n) is 15.0. The number of rotatable bonds is 9. The quantitative estimate of drug-likeness (QED) is 0.676. The molecule has 1 amide bonds. The molecule has 0 aliphatic heterocycles. The average Bonchev–Trinajstić information content (AvgIpc) is 2.64. The van der Waals surface area contributed by atoms with E-state index in [1.54, 1.807) is 7.11 Å². The number of hydrogen-bond acceptors (Lipinski definition) is 6. The fourth-order valence-corrected chi connectivity index (χ4v) is 2.26. The molecule has 2 rings (SSSR count). The van der Waals surface area contributed by atoms with Crippen molar-refractivity contribution in [2.24, 2.45) is 0 Å². The Morgan fingerprint density at radius 2 is 1.92 bits per heavy atom. The van der Waals surface area contributed by atoms with Crippen LogP contribution in [0.5, 0.6) is 5.75 Å². The number of anilines is 1. The minimum Gasteiger partial charge on any atom is -0.496 e. The van der Waals surface area contributed by atoms with Crippen LogP contribution in [0.4, 0.5) is 5.95 Å². The predicted octanol–water partition coefficient (Wildman–Crippen LogP) is 1.78. The lowest BCUT2D eigenvalue weighted by molar-refractivity contribution is 0.0951. The Hall–Kier alpha value is -2.67. The van der Waals surface area contributed by atoms with Crippen LogP contribution in [0.3, 0.4) is 0 Å². The molecule has 0 spiro atoms. The summed E-state index contributed by atoms with van der Waals surface area (Å²) in [5.41, 5.74) is 1.46. The number of carbonyl (C=O) groups excluding carboxylic acids is 1. The van der Waals surface area contributed by atoms with Crippen LogP contribution in [0.15, 0.2) is 36.7 Å². The molecule has 25 heavy (non-hydrogen) atoms. The first-order valence-electron chi connectivity index (χ1n) is 8.21. The van der Waals surface area contributed by atoms with Gasteiger partial charge in [0.25, 0.3) is 5.91 Å². The van der Waals surface area contributed by atoms with Crippen molar-refractivity contribution in [3.63, 3.8) is 0 Å². The monoisotopic (exact) mass is 343 g/mol. The second-order valence-electron chi connectivity index (χ2n) is 5.87. The first-order chi connectivity index (χ1) is 12.1. The summed E-state index contributed by atoms with van der Waals surface area (Å²) in [6, 6.07) is 7.75. The van der Waals surface area contributed by atoms with E-state index in [0.717, 1.165) is 24.3 Å². The molecular formula is C18H25N5O2. The lowest BCUT2D eigenvalue weighted by atomic mass is 10.2. The number of carbonyl (C=O) groups is 1. The highest BCUT2D eigenvalue weighted by atomic mass is 16.5. The number of methoxy groups -OCH3 is 1. The van der Waals surface area contributed by atoms with Gasteiger partial charge in [-0.1, -0.05) is 18.2 Å². The zero-order valence-corrected chi connectivity index (χ0v) is 15.0. The molecule has 1 aromatic heterocycles. The standard InChI is InChI=1S/C18H25N5O2/c1-23(2)10-6-9-19-17(24)15-12-21-18(22-13-15)20-11-14-7-4-5-8-16(14)25-3/h4-5,7-8,12-13H,6,9-11H2,1-3H3,(H,19,24)(H,20,21,22). The van der Waals surface area contributed by atoms with Crippen molar-refractivity contribution < 1.29 is 9.53 Å². The fourth-order valence-electron chi connectivity index (χ4n) is 2.26. The van der Waals surface area contributed by atoms with Gasteiger partial charge in [0, 0.05) is 31.0 Å². The van der Waals surface area contributed by atoms with Crippen molar-refractivity contribution in [1.29, 1.82) is 0 Å². The first-order valence-corrected chi connectivity index (χ1v) is 8.21. The Balaban J connectivity index is 1.84. The van der Waals surface area contributed by atoms with Crippen molar-refractivity contribution in [3.8, 4) is 5.75 Å². The van der Waals surface area contributed by atoms with Crippen molar-refractivity contribution in [2.75, 3.05) is 39.6 Å². The van der Waals surface area contributed by atoms with Crippen LogP contribution in [-0.2, 0) is 6.54 Å². The molecule has 0 bridgehead atoms. The summed E-state index contributed by atoms with van der Waals surface area (Å²) in [5, 5.41) is 5.99. The van der Waals surface area contributed by atoms with Crippen LogP contribution in [0.25, 0.3) is 0 Å². The number of hydrogen-bond donors (Lipinski definition) is 2. The molecule has 7 heteroatoms. The molecule has 0 aliphatic carbocycles. The molecule has 1 aromatic carbocycles. The van der Waals surface area contributed by atoms with Gasteiger partial charge in [-0.05, 0) is 33.1 Å². The number of amides is 1. The fraction of sp³-hybridized carbons (Fsp3) is 0.389. The van der Waals surface area contributed by atoms with E-state index in [9.17, 15) is 4.79 Å². The average molecular weight is 343 g/mol. The predicted molar refractivity (Wildman–Crippen MR) is 97.9 cm³/mol. The van der Waals surface area contributed by atoms with Gasteiger partial charge < -0.3 is 20.3 Å². The second-order valence-corrected chi connectivity index (χ2v) is 5.87. The van der Waals surface area contributed by atoms with Crippen molar-refractivity contribution in [3.05, 3.63) is 47.8 Å². The lowest BCUT2D eigenvalue weighted by Gasteiger charge is -2.10. The minimum absolute atomic E-state index is 0.157. The molecule has 7 nitrogen and oxygen atoms in total. The molecule has 2 aromatic rings. The SMILES string of the molecule is COc1ccccc1CNc1ncc(C(=O)NCCCN(C)C)cn1. The number of nitrogens with zero attached hydrogens (tertiary/aromatic N) is 3. The normalized spacial score (nSPS) is 10.6. The van der Waals surface area contributed by atoms with Crippen LogP contribution in [0, 0.1) is 0 Å². The summed E-state index contributed by atoms with van der Waals surface area (Å²) in [5.74, 6) is 1.12. The van der Waals surface area contributed by atoms with Crippen LogP contribution < -0.4 is 15.4 Å². The maximum absolute atomic E-state index is 12.0. The maximum Gasteiger partial charge on any atom is 0.254 e. The minimum atomic E-state index is -0.157. The van der Waals surface area contributed by atoms with Gasteiger partial charge >= 0.3 is 0 Å². The Bertz CT molecular complexity index is 673. The van der Waals surface area contributed by atoms with Gasteiger partial charge in [0.15, 0.2) is 0 Å². The molecule has 0 saturated heterocycles. The topological polar surface area (TPSA) is 79.4 Å².